The quantitative estimate of drug-likeness (QED) is 0.807. The van der Waals surface area contributed by atoms with Crippen molar-refractivity contribution >= 4 is 28.8 Å². The summed E-state index contributed by atoms with van der Waals surface area (Å²) in [5.74, 6) is -0.533. The molecular weight excluding hydrogens is 232 g/mol. The lowest BCUT2D eigenvalue weighted by molar-refractivity contribution is -0.118. The van der Waals surface area contributed by atoms with Crippen LogP contribution >= 0.6 is 12.2 Å². The first-order chi connectivity index (χ1) is 7.95. The number of hydrogen-bond acceptors (Lipinski definition) is 2. The molecule has 92 valence electrons. The third kappa shape index (κ3) is 3.53. The summed E-state index contributed by atoms with van der Waals surface area (Å²) >= 11 is 4.87. The van der Waals surface area contributed by atoms with E-state index in [2.05, 4.69) is 5.32 Å². The molecule has 17 heavy (non-hydrogen) atoms. The van der Waals surface area contributed by atoms with Gasteiger partial charge in [0, 0.05) is 5.69 Å². The largest absolute Gasteiger partial charge is 0.393 e. The maximum Gasteiger partial charge on any atom is 0.234 e. The van der Waals surface area contributed by atoms with E-state index in [1.165, 1.54) is 5.56 Å². The van der Waals surface area contributed by atoms with Crippen LogP contribution in [0.15, 0.2) is 18.2 Å². The summed E-state index contributed by atoms with van der Waals surface area (Å²) in [6.45, 7) is 5.93. The van der Waals surface area contributed by atoms with Crippen molar-refractivity contribution in [2.75, 3.05) is 5.32 Å². The van der Waals surface area contributed by atoms with E-state index in [4.69, 9.17) is 18.0 Å². The Morgan fingerprint density at radius 1 is 1.41 bits per heavy atom. The van der Waals surface area contributed by atoms with Gasteiger partial charge in [0.15, 0.2) is 0 Å². The molecule has 1 aromatic carbocycles. The Morgan fingerprint density at radius 3 is 2.53 bits per heavy atom. The zero-order valence-corrected chi connectivity index (χ0v) is 11.2. The molecule has 0 bridgehead atoms. The van der Waals surface area contributed by atoms with E-state index in [-0.39, 0.29) is 10.9 Å². The van der Waals surface area contributed by atoms with E-state index in [0.717, 1.165) is 11.3 Å². The molecule has 0 heterocycles. The number of nitrogens with one attached hydrogen (secondary N) is 1. The second kappa shape index (κ2) is 5.77. The third-order valence-electron chi connectivity index (χ3n) is 2.84. The summed E-state index contributed by atoms with van der Waals surface area (Å²) in [6.07, 6.45) is 0.617. The minimum Gasteiger partial charge on any atom is -0.393 e. The molecule has 3 N–H and O–H groups in total. The van der Waals surface area contributed by atoms with Crippen LogP contribution in [0, 0.1) is 19.8 Å². The summed E-state index contributed by atoms with van der Waals surface area (Å²) in [5.41, 5.74) is 8.65. The fourth-order valence-corrected chi connectivity index (χ4v) is 1.84. The van der Waals surface area contributed by atoms with Gasteiger partial charge in [-0.25, -0.2) is 0 Å². The Kier molecular flexibility index (Phi) is 4.63. The maximum absolute atomic E-state index is 11.9. The number of anilines is 1. The number of hydrogen-bond donors (Lipinski definition) is 2. The van der Waals surface area contributed by atoms with Crippen molar-refractivity contribution in [3.63, 3.8) is 0 Å². The Hall–Kier alpha value is -1.42. The van der Waals surface area contributed by atoms with Gasteiger partial charge in [-0.15, -0.1) is 0 Å². The smallest absolute Gasteiger partial charge is 0.234 e. The molecule has 0 saturated carbocycles. The average molecular weight is 250 g/mol. The van der Waals surface area contributed by atoms with E-state index in [0.29, 0.717) is 6.42 Å². The monoisotopic (exact) mass is 250 g/mol. The van der Waals surface area contributed by atoms with Gasteiger partial charge in [0.25, 0.3) is 0 Å². The van der Waals surface area contributed by atoms with Crippen LogP contribution in [-0.4, -0.2) is 10.9 Å². The number of amides is 1. The highest BCUT2D eigenvalue weighted by atomic mass is 32.1. The molecule has 0 fully saturated rings. The Balaban J connectivity index is 2.80. The molecule has 0 aliphatic carbocycles. The van der Waals surface area contributed by atoms with Crippen LogP contribution in [0.4, 0.5) is 5.69 Å². The molecule has 0 aliphatic rings. The van der Waals surface area contributed by atoms with Gasteiger partial charge in [0.1, 0.15) is 0 Å². The summed E-state index contributed by atoms with van der Waals surface area (Å²) in [7, 11) is 0. The van der Waals surface area contributed by atoms with Crippen LogP contribution in [0.3, 0.4) is 0 Å². The predicted molar refractivity (Wildman–Crippen MR) is 75.1 cm³/mol. The van der Waals surface area contributed by atoms with E-state index < -0.39 is 5.92 Å². The average Bonchev–Trinajstić information content (AvgIpc) is 2.24. The topological polar surface area (TPSA) is 55.1 Å². The first kappa shape index (κ1) is 13.6. The standard InChI is InChI=1S/C13H18N2OS/c1-4-11(12(14)17)13(16)15-10-6-5-8(2)9(3)7-10/h5-7,11H,4H2,1-3H3,(H2,14,17)(H,15,16). The van der Waals surface area contributed by atoms with E-state index in [1.54, 1.807) is 0 Å². The van der Waals surface area contributed by atoms with Gasteiger partial charge < -0.3 is 11.1 Å². The van der Waals surface area contributed by atoms with Crippen molar-refractivity contribution in [2.45, 2.75) is 27.2 Å². The van der Waals surface area contributed by atoms with Crippen molar-refractivity contribution < 1.29 is 4.79 Å². The normalized spacial score (nSPS) is 11.9. The zero-order chi connectivity index (χ0) is 13.0. The number of aryl methyl sites for hydroxylation is 2. The van der Waals surface area contributed by atoms with Gasteiger partial charge in [-0.1, -0.05) is 25.2 Å². The second-order valence-corrected chi connectivity index (χ2v) is 4.62. The molecule has 1 atom stereocenters. The Morgan fingerprint density at radius 2 is 2.06 bits per heavy atom. The lowest BCUT2D eigenvalue weighted by atomic mass is 10.1. The second-order valence-electron chi connectivity index (χ2n) is 4.15. The van der Waals surface area contributed by atoms with Gasteiger partial charge in [0.05, 0.1) is 10.9 Å². The summed E-state index contributed by atoms with van der Waals surface area (Å²) < 4.78 is 0. The molecule has 1 rings (SSSR count). The van der Waals surface area contributed by atoms with E-state index in [9.17, 15) is 4.79 Å². The van der Waals surface area contributed by atoms with Crippen LogP contribution in [0.2, 0.25) is 0 Å². The lowest BCUT2D eigenvalue weighted by Crippen LogP contribution is -2.32. The number of rotatable bonds is 4. The molecular formula is C13H18N2OS. The number of carbonyl (C=O) groups excluding carboxylic acids is 1. The van der Waals surface area contributed by atoms with Crippen molar-refractivity contribution in [3.8, 4) is 0 Å². The van der Waals surface area contributed by atoms with Crippen molar-refractivity contribution in [1.82, 2.24) is 0 Å². The van der Waals surface area contributed by atoms with Crippen LogP contribution in [0.25, 0.3) is 0 Å². The fourth-order valence-electron chi connectivity index (χ4n) is 1.56. The Labute approximate surface area is 107 Å². The highest BCUT2D eigenvalue weighted by Gasteiger charge is 2.19. The van der Waals surface area contributed by atoms with Crippen LogP contribution in [0.5, 0.6) is 0 Å². The van der Waals surface area contributed by atoms with Crippen LogP contribution in [0.1, 0.15) is 24.5 Å². The maximum atomic E-state index is 11.9. The minimum atomic E-state index is -0.397. The number of thiocarbonyl (C=S) groups is 1. The van der Waals surface area contributed by atoms with Crippen LogP contribution < -0.4 is 11.1 Å². The third-order valence-corrected chi connectivity index (χ3v) is 3.13. The van der Waals surface area contributed by atoms with Crippen molar-refractivity contribution in [2.24, 2.45) is 11.7 Å². The molecule has 3 nitrogen and oxygen atoms in total. The molecule has 0 saturated heterocycles. The first-order valence-corrected chi connectivity index (χ1v) is 6.04. The van der Waals surface area contributed by atoms with Gasteiger partial charge in [0.2, 0.25) is 5.91 Å². The molecule has 0 spiro atoms. The number of benzene rings is 1. The summed E-state index contributed by atoms with van der Waals surface area (Å²) in [4.78, 5) is 12.1. The molecule has 0 aromatic heterocycles. The summed E-state index contributed by atoms with van der Waals surface area (Å²) in [6, 6.07) is 5.80. The van der Waals surface area contributed by atoms with Crippen molar-refractivity contribution in [3.05, 3.63) is 29.3 Å². The SMILES string of the molecule is CCC(C(=O)Nc1ccc(C)c(C)c1)C(N)=S. The number of nitrogens with two attached hydrogens (primary N) is 1. The molecule has 4 heteroatoms. The molecule has 1 aromatic rings. The lowest BCUT2D eigenvalue weighted by Gasteiger charge is -2.14. The minimum absolute atomic E-state index is 0.136. The Bertz CT molecular complexity index is 443. The van der Waals surface area contributed by atoms with E-state index in [1.807, 2.05) is 39.0 Å². The molecule has 1 amide bonds. The van der Waals surface area contributed by atoms with Gasteiger partial charge in [-0.3, -0.25) is 4.79 Å². The zero-order valence-electron chi connectivity index (χ0n) is 10.4. The van der Waals surface area contributed by atoms with Crippen molar-refractivity contribution in [1.29, 1.82) is 0 Å². The van der Waals surface area contributed by atoms with Crippen LogP contribution in [-0.2, 0) is 4.79 Å². The molecule has 0 aliphatic heterocycles. The van der Waals surface area contributed by atoms with Gasteiger partial charge in [-0.2, -0.15) is 0 Å². The molecule has 1 unspecified atom stereocenters. The highest BCUT2D eigenvalue weighted by molar-refractivity contribution is 7.80. The van der Waals surface area contributed by atoms with E-state index >= 15 is 0 Å². The predicted octanol–water partition coefficient (Wildman–Crippen LogP) is 2.55. The summed E-state index contributed by atoms with van der Waals surface area (Å²) in [5, 5.41) is 2.84. The molecule has 0 radical (unpaired) electrons. The first-order valence-electron chi connectivity index (χ1n) is 5.63. The fraction of sp³-hybridized carbons (Fsp3) is 0.385. The number of carbonyl (C=O) groups is 1. The van der Waals surface area contributed by atoms with Gasteiger partial charge >= 0.3 is 0 Å². The van der Waals surface area contributed by atoms with Gasteiger partial charge in [-0.05, 0) is 43.5 Å². The highest BCUT2D eigenvalue weighted by Crippen LogP contribution is 2.15.